The van der Waals surface area contributed by atoms with Crippen molar-refractivity contribution in [3.63, 3.8) is 0 Å². The molecule has 1 aliphatic rings. The summed E-state index contributed by atoms with van der Waals surface area (Å²) in [5.41, 5.74) is 7.51. The lowest BCUT2D eigenvalue weighted by Gasteiger charge is -2.41. The first-order valence-corrected chi connectivity index (χ1v) is 38.3. The largest absolute Gasteiger partial charge is 0.379 e. The minimum Gasteiger partial charge on any atom is -0.379 e. The molecule has 1 saturated heterocycles. The van der Waals surface area contributed by atoms with Gasteiger partial charge in [-0.1, -0.05) is 123 Å². The second-order valence-corrected chi connectivity index (χ2v) is 30.0. The maximum Gasteiger partial charge on any atom is 0.312 e. The number of amides is 11. The lowest BCUT2D eigenvalue weighted by atomic mass is 9.89. The van der Waals surface area contributed by atoms with Gasteiger partial charge in [0.15, 0.2) is 0 Å². The fraction of sp³-hybridized carbons (Fsp3) is 0.627. The third kappa shape index (κ3) is 29.9. The number of anilines is 1. The third-order valence-electron chi connectivity index (χ3n) is 18.5. The minimum absolute atomic E-state index is 0.0116. The number of methoxy groups -OCH3 is 2. The number of urea groups is 1. The highest BCUT2D eigenvalue weighted by Gasteiger charge is 2.44. The fourth-order valence-electron chi connectivity index (χ4n) is 12.6. The third-order valence-corrected chi connectivity index (χ3v) is 19.4. The number of unbranched alkanes of at least 4 members (excludes halogenated alkanes) is 1. The molecule has 1 aliphatic heterocycles. The van der Waals surface area contributed by atoms with Gasteiger partial charge >= 0.3 is 6.03 Å². The van der Waals surface area contributed by atoms with Gasteiger partial charge in [0.25, 0.3) is 0 Å². The number of carbonyl (C=O) groups is 10. The summed E-state index contributed by atoms with van der Waals surface area (Å²) in [6.07, 6.45) is 5.50. The van der Waals surface area contributed by atoms with Crippen LogP contribution < -0.4 is 48.3 Å². The highest BCUT2D eigenvalue weighted by atomic mass is 32.2. The number of likely N-dealkylation sites (N-methyl/N-ethyl adjacent to an activating group) is 2. The Bertz CT molecular complexity index is 3490. The molecule has 2 aromatic carbocycles. The van der Waals surface area contributed by atoms with Crippen molar-refractivity contribution < 1.29 is 75.3 Å². The summed E-state index contributed by atoms with van der Waals surface area (Å²) in [6.45, 7) is 17.5. The maximum absolute atomic E-state index is 14.7. The number of hydrogen-bond acceptors (Lipinski definition) is 19. The van der Waals surface area contributed by atoms with E-state index in [1.807, 2.05) is 90.9 Å². The number of sulfone groups is 1. The van der Waals surface area contributed by atoms with Crippen molar-refractivity contribution in [2.24, 2.45) is 35.3 Å². The van der Waals surface area contributed by atoms with E-state index >= 15 is 0 Å². The Morgan fingerprint density at radius 2 is 1.34 bits per heavy atom. The Kier molecular flexibility index (Phi) is 38.7. The van der Waals surface area contributed by atoms with Crippen molar-refractivity contribution in [2.75, 3.05) is 93.0 Å². The molecule has 31 heteroatoms. The normalized spacial score (nSPS) is 15.8. The first kappa shape index (κ1) is 89.7. The van der Waals surface area contributed by atoms with Crippen LogP contribution in [0, 0.1) is 41.4 Å². The molecule has 0 unspecified atom stereocenters. The van der Waals surface area contributed by atoms with E-state index in [0.717, 1.165) is 11.8 Å². The lowest BCUT2D eigenvalue weighted by molar-refractivity contribution is -0.148. The predicted octanol–water partition coefficient (Wildman–Crippen LogP) is 3.26. The molecule has 0 aliphatic carbocycles. The van der Waals surface area contributed by atoms with Gasteiger partial charge < -0.3 is 77.0 Å². The smallest absolute Gasteiger partial charge is 0.312 e. The van der Waals surface area contributed by atoms with E-state index in [9.17, 15) is 56.4 Å². The fourth-order valence-corrected chi connectivity index (χ4v) is 13.1. The Morgan fingerprint density at radius 1 is 0.689 bits per heavy atom. The van der Waals surface area contributed by atoms with E-state index in [4.69, 9.17) is 24.7 Å². The number of nitrogens with zero attached hydrogens (tertiary/aromatic N) is 5. The number of nitrogens with one attached hydrogen (secondary N) is 8. The van der Waals surface area contributed by atoms with Crippen LogP contribution in [0.15, 0.2) is 72.1 Å². The van der Waals surface area contributed by atoms with Crippen molar-refractivity contribution in [3.05, 3.63) is 83.7 Å². The molecule has 4 rings (SSSR count). The van der Waals surface area contributed by atoms with Crippen LogP contribution in [0.4, 0.5) is 10.5 Å². The molecule has 3 aromatic rings. The molecule has 588 valence electrons. The Balaban J connectivity index is 1.33. The standard InChI is InChI=1S/C75H116N14O16S/c1-16-50(8)66(88(12)73(98)64(48(4)5)86-72(97)65(49(6)7)87(10)11)59(102-13)42-62(92)89-37-24-29-58(89)67(103-14)51(9)68(93)84-57(41-52-25-19-17-20-26-52)69(94)79-43-53-31-33-55(34-32-53)82-70(95)56(28-23-35-78-74(76)99)83-71(96)63(47(2)3)85-61(91)46-105-40-39-104-38-36-77-60(90)30-22-18-21-27-54-44-80-75(81-45-54)106(15,100)101/h17,19-20,25-26,31-34,44-45,47-51,56-59,63-67H,16,18,22-24,28-30,35-43,46H2,1-15H3,(H,77,90)(H,79,94)(H,82,95)(H,83,96)(H,84,93)(H,85,91)(H,86,97)(H3,76,78,99)/t50-,51+,56-,57-,58-,59+,63-,64-,65-,66-,67+/m0/s1. The number of primary amides is 1. The van der Waals surface area contributed by atoms with Crippen LogP contribution in [0.2, 0.25) is 0 Å². The molecule has 1 fully saturated rings. The summed E-state index contributed by atoms with van der Waals surface area (Å²) in [4.78, 5) is 149. The molecular formula is C75H116N14O16S. The minimum atomic E-state index is -3.52. The summed E-state index contributed by atoms with van der Waals surface area (Å²) in [6, 6.07) is 9.45. The van der Waals surface area contributed by atoms with Crippen LogP contribution in [0.3, 0.4) is 0 Å². The van der Waals surface area contributed by atoms with Gasteiger partial charge in [0.2, 0.25) is 68.2 Å². The van der Waals surface area contributed by atoms with E-state index in [1.165, 1.54) is 26.6 Å². The lowest BCUT2D eigenvalue weighted by Crippen LogP contribution is -2.59. The molecule has 0 radical (unpaired) electrons. The Labute approximate surface area is 625 Å². The zero-order chi connectivity index (χ0) is 78.8. The van der Waals surface area contributed by atoms with E-state index in [-0.39, 0.29) is 118 Å². The molecular weight excluding hydrogens is 1380 g/mol. The topological polar surface area (TPSA) is 400 Å². The van der Waals surface area contributed by atoms with Crippen molar-refractivity contribution in [3.8, 4) is 11.8 Å². The molecule has 106 heavy (non-hydrogen) atoms. The molecule has 0 saturated carbocycles. The molecule has 1 aromatic heterocycles. The number of ether oxygens (including phenoxy) is 4. The Hall–Kier alpha value is -8.67. The molecule has 11 amide bonds. The summed E-state index contributed by atoms with van der Waals surface area (Å²) in [7, 11) is 4.86. The number of benzene rings is 2. The number of rotatable bonds is 45. The van der Waals surface area contributed by atoms with E-state index in [2.05, 4.69) is 64.3 Å². The Morgan fingerprint density at radius 3 is 1.93 bits per heavy atom. The molecule has 10 N–H and O–H groups in total. The monoisotopic (exact) mass is 1500 g/mol. The molecule has 0 bridgehead atoms. The summed E-state index contributed by atoms with van der Waals surface area (Å²) < 4.78 is 46.3. The van der Waals surface area contributed by atoms with Crippen LogP contribution in [-0.4, -0.2) is 234 Å². The molecule has 30 nitrogen and oxygen atoms in total. The van der Waals surface area contributed by atoms with E-state index < -0.39 is 118 Å². The molecule has 11 atom stereocenters. The average Bonchev–Trinajstić information content (AvgIpc) is 1.56. The highest BCUT2D eigenvalue weighted by Crippen LogP contribution is 2.30. The summed E-state index contributed by atoms with van der Waals surface area (Å²) in [5, 5.41) is 22.2. The van der Waals surface area contributed by atoms with Gasteiger partial charge in [-0.25, -0.2) is 23.2 Å². The van der Waals surface area contributed by atoms with E-state index in [0.29, 0.717) is 55.5 Å². The quantitative estimate of drug-likeness (QED) is 0.0223. The molecule has 0 spiro atoms. The van der Waals surface area contributed by atoms with Crippen molar-refractivity contribution in [1.29, 1.82) is 0 Å². The first-order chi connectivity index (χ1) is 50.2. The maximum atomic E-state index is 14.7. The van der Waals surface area contributed by atoms with Gasteiger partial charge in [0, 0.05) is 91.0 Å². The second-order valence-electron chi connectivity index (χ2n) is 28.1. The predicted molar refractivity (Wildman–Crippen MR) is 400 cm³/mol. The zero-order valence-corrected chi connectivity index (χ0v) is 65.2. The highest BCUT2D eigenvalue weighted by molar-refractivity contribution is 7.90. The van der Waals surface area contributed by atoms with Crippen LogP contribution in [0.5, 0.6) is 0 Å². The summed E-state index contributed by atoms with van der Waals surface area (Å²) >= 11 is 0. The number of nitrogens with two attached hydrogens (primary N) is 1. The van der Waals surface area contributed by atoms with Crippen LogP contribution >= 0.6 is 0 Å². The van der Waals surface area contributed by atoms with Gasteiger partial charge in [-0.05, 0) is 93.1 Å². The SMILES string of the molecule is CC[C@H](C)[C@@H]([C@@H](CC(=O)N1CCC[C@H]1[C@H](OC)[C@@H](C)C(=O)N[C@@H](Cc1ccccc1)C(=O)NCc1ccc(NC(=O)[C@H](CCCNC(N)=O)NC(=O)[C@@H](NC(=O)COCCOCCNC(=O)CCCC#Cc2cnc(S(C)(=O)=O)nc2)C(C)C)cc1)OC)N(C)C(=O)[C@@H](NC(=O)[C@H](C(C)C)N(C)C)C(C)C. The van der Waals surface area contributed by atoms with Gasteiger partial charge in [0.1, 0.15) is 30.8 Å². The van der Waals surface area contributed by atoms with Crippen LogP contribution in [0.25, 0.3) is 0 Å². The van der Waals surface area contributed by atoms with Gasteiger partial charge in [-0.3, -0.25) is 48.1 Å². The number of likely N-dealkylation sites (tertiary alicyclic amines) is 1. The van der Waals surface area contributed by atoms with Crippen molar-refractivity contribution in [2.45, 2.75) is 193 Å². The second kappa shape index (κ2) is 45.7. The molecule has 2 heterocycles. The van der Waals surface area contributed by atoms with Crippen LogP contribution in [-0.2, 0) is 84.9 Å². The first-order valence-electron chi connectivity index (χ1n) is 36.4. The van der Waals surface area contributed by atoms with Gasteiger partial charge in [-0.15, -0.1) is 0 Å². The number of aromatic nitrogens is 2. The van der Waals surface area contributed by atoms with E-state index in [1.54, 1.807) is 61.9 Å². The van der Waals surface area contributed by atoms with Crippen LogP contribution in [0.1, 0.15) is 137 Å². The van der Waals surface area contributed by atoms with Crippen molar-refractivity contribution in [1.82, 2.24) is 61.9 Å². The number of carbonyl (C=O) groups excluding carboxylic acids is 10. The van der Waals surface area contributed by atoms with Gasteiger partial charge in [0.05, 0.1) is 68.1 Å². The van der Waals surface area contributed by atoms with Gasteiger partial charge in [-0.2, -0.15) is 0 Å². The summed E-state index contributed by atoms with van der Waals surface area (Å²) in [5.74, 6) is 0.342. The zero-order valence-electron chi connectivity index (χ0n) is 64.4. The number of hydrogen-bond donors (Lipinski definition) is 9. The van der Waals surface area contributed by atoms with Crippen molar-refractivity contribution >= 4 is 74.7 Å². The average molecular weight is 1500 g/mol.